The lowest BCUT2D eigenvalue weighted by atomic mass is 10.1. The van der Waals surface area contributed by atoms with E-state index in [2.05, 4.69) is 15.0 Å². The van der Waals surface area contributed by atoms with Gasteiger partial charge in [0.25, 0.3) is 0 Å². The third kappa shape index (κ3) is 3.03. The molecule has 4 rings (SSSR count). The van der Waals surface area contributed by atoms with Crippen molar-refractivity contribution in [3.05, 3.63) is 60.2 Å². The summed E-state index contributed by atoms with van der Waals surface area (Å²) >= 11 is 0. The van der Waals surface area contributed by atoms with Crippen LogP contribution in [0.4, 0.5) is 0 Å². The summed E-state index contributed by atoms with van der Waals surface area (Å²) in [6.07, 6.45) is 0. The summed E-state index contributed by atoms with van der Waals surface area (Å²) in [6.45, 7) is 0. The number of benzene rings is 2. The molecule has 2 N–H and O–H groups in total. The van der Waals surface area contributed by atoms with E-state index < -0.39 is 5.97 Å². The number of nitrogens with one attached hydrogen (secondary N) is 1. The van der Waals surface area contributed by atoms with Crippen LogP contribution >= 0.6 is 0 Å². The third-order valence-corrected chi connectivity index (χ3v) is 4.44. The number of carboxylic acid groups (broad SMARTS) is 1. The van der Waals surface area contributed by atoms with Gasteiger partial charge in [-0.15, -0.1) is 0 Å². The highest BCUT2D eigenvalue weighted by Gasteiger charge is 2.18. The molecule has 140 valence electrons. The van der Waals surface area contributed by atoms with Crippen molar-refractivity contribution in [1.29, 1.82) is 0 Å². The first-order valence-electron chi connectivity index (χ1n) is 8.52. The molecule has 4 aromatic rings. The van der Waals surface area contributed by atoms with Crippen molar-refractivity contribution >= 4 is 17.1 Å². The summed E-state index contributed by atoms with van der Waals surface area (Å²) in [5.41, 5.74) is 2.77. The zero-order valence-electron chi connectivity index (χ0n) is 15.3. The minimum Gasteiger partial charge on any atom is -0.497 e. The first-order chi connectivity index (χ1) is 13.6. The molecule has 0 aliphatic rings. The van der Waals surface area contributed by atoms with Crippen molar-refractivity contribution in [2.24, 2.45) is 0 Å². The Kier molecular flexibility index (Phi) is 4.41. The van der Waals surface area contributed by atoms with E-state index in [1.54, 1.807) is 20.3 Å². The molecule has 0 radical (unpaired) electrons. The summed E-state index contributed by atoms with van der Waals surface area (Å²) in [7, 11) is 3.16. The van der Waals surface area contributed by atoms with Gasteiger partial charge in [0.1, 0.15) is 17.3 Å². The number of H-pyrrole nitrogens is 1. The molecule has 0 atom stereocenters. The summed E-state index contributed by atoms with van der Waals surface area (Å²) in [5, 5.41) is 9.71. The SMILES string of the molecule is COc1ccc(-c2nc3nc(-c4ccccc4OC)cc(C(=O)O)c3[nH]2)cc1. The topological polar surface area (TPSA) is 97.3 Å². The first-order valence-corrected chi connectivity index (χ1v) is 8.52. The smallest absolute Gasteiger partial charge is 0.338 e. The number of aromatic carboxylic acids is 1. The van der Waals surface area contributed by atoms with Crippen LogP contribution in [0, 0.1) is 0 Å². The molecule has 7 nitrogen and oxygen atoms in total. The van der Waals surface area contributed by atoms with Gasteiger partial charge in [-0.25, -0.2) is 14.8 Å². The Bertz CT molecular complexity index is 1170. The molecule has 0 aliphatic carbocycles. The van der Waals surface area contributed by atoms with Gasteiger partial charge in [0.05, 0.1) is 31.0 Å². The number of carbonyl (C=O) groups is 1. The molecule has 0 saturated carbocycles. The number of carboxylic acids is 1. The molecule has 28 heavy (non-hydrogen) atoms. The second-order valence-corrected chi connectivity index (χ2v) is 6.07. The number of para-hydroxylation sites is 1. The Balaban J connectivity index is 1.90. The van der Waals surface area contributed by atoms with E-state index in [9.17, 15) is 9.90 Å². The molecule has 2 heterocycles. The quantitative estimate of drug-likeness (QED) is 0.547. The van der Waals surface area contributed by atoms with E-state index in [4.69, 9.17) is 9.47 Å². The van der Waals surface area contributed by atoms with Crippen LogP contribution in [0.15, 0.2) is 54.6 Å². The van der Waals surface area contributed by atoms with E-state index in [1.165, 1.54) is 6.07 Å². The van der Waals surface area contributed by atoms with Crippen molar-refractivity contribution in [2.45, 2.75) is 0 Å². The minimum absolute atomic E-state index is 0.0955. The molecule has 0 spiro atoms. The van der Waals surface area contributed by atoms with E-state index in [-0.39, 0.29) is 5.56 Å². The van der Waals surface area contributed by atoms with E-state index in [0.717, 1.165) is 11.3 Å². The minimum atomic E-state index is -1.06. The van der Waals surface area contributed by atoms with E-state index >= 15 is 0 Å². The normalized spacial score (nSPS) is 10.8. The van der Waals surface area contributed by atoms with Gasteiger partial charge in [-0.05, 0) is 42.5 Å². The fourth-order valence-corrected chi connectivity index (χ4v) is 3.04. The number of hydrogen-bond acceptors (Lipinski definition) is 5. The highest BCUT2D eigenvalue weighted by molar-refractivity contribution is 6.02. The number of hydrogen-bond donors (Lipinski definition) is 2. The maximum atomic E-state index is 11.9. The Hall–Kier alpha value is -3.87. The lowest BCUT2D eigenvalue weighted by Gasteiger charge is -2.08. The van der Waals surface area contributed by atoms with Crippen LogP contribution < -0.4 is 9.47 Å². The van der Waals surface area contributed by atoms with Crippen LogP contribution in [0.5, 0.6) is 11.5 Å². The molecule has 0 fully saturated rings. The largest absolute Gasteiger partial charge is 0.497 e. The average Bonchev–Trinajstić information content (AvgIpc) is 3.17. The van der Waals surface area contributed by atoms with Crippen LogP contribution in [0.25, 0.3) is 33.8 Å². The molecular weight excluding hydrogens is 358 g/mol. The number of rotatable bonds is 5. The second kappa shape index (κ2) is 7.03. The van der Waals surface area contributed by atoms with Crippen molar-refractivity contribution in [2.75, 3.05) is 14.2 Å². The van der Waals surface area contributed by atoms with Gasteiger partial charge in [-0.2, -0.15) is 0 Å². The summed E-state index contributed by atoms with van der Waals surface area (Å²) in [4.78, 5) is 24.0. The van der Waals surface area contributed by atoms with Crippen LogP contribution in [0.1, 0.15) is 10.4 Å². The van der Waals surface area contributed by atoms with Gasteiger partial charge >= 0.3 is 5.97 Å². The second-order valence-electron chi connectivity index (χ2n) is 6.07. The monoisotopic (exact) mass is 375 g/mol. The Morgan fingerprint density at radius 1 is 1.00 bits per heavy atom. The average molecular weight is 375 g/mol. The predicted molar refractivity (Wildman–Crippen MR) is 105 cm³/mol. The van der Waals surface area contributed by atoms with Gasteiger partial charge in [-0.3, -0.25) is 0 Å². The maximum Gasteiger partial charge on any atom is 0.338 e. The molecule has 0 amide bonds. The van der Waals surface area contributed by atoms with E-state index in [0.29, 0.717) is 34.0 Å². The molecule has 0 aliphatic heterocycles. The van der Waals surface area contributed by atoms with Gasteiger partial charge in [0.2, 0.25) is 0 Å². The maximum absolute atomic E-state index is 11.9. The van der Waals surface area contributed by atoms with Crippen molar-refractivity contribution < 1.29 is 19.4 Å². The molecule has 0 bridgehead atoms. The fraction of sp³-hybridized carbons (Fsp3) is 0.0952. The number of aromatic nitrogens is 3. The molecule has 2 aromatic carbocycles. The number of fused-ring (bicyclic) bond motifs is 1. The van der Waals surface area contributed by atoms with Crippen molar-refractivity contribution in [3.8, 4) is 34.1 Å². The van der Waals surface area contributed by atoms with Crippen LogP contribution in [-0.2, 0) is 0 Å². The first kappa shape index (κ1) is 17.5. The number of aromatic amines is 1. The number of methoxy groups -OCH3 is 2. The molecule has 2 aromatic heterocycles. The van der Waals surface area contributed by atoms with Gasteiger partial charge in [0.15, 0.2) is 5.65 Å². The third-order valence-electron chi connectivity index (χ3n) is 4.44. The highest BCUT2D eigenvalue weighted by atomic mass is 16.5. The lowest BCUT2D eigenvalue weighted by Crippen LogP contribution is -2.00. The fourth-order valence-electron chi connectivity index (χ4n) is 3.04. The standard InChI is InChI=1S/C21H17N3O4/c1-27-13-9-7-12(8-10-13)19-23-18-15(21(25)26)11-16(22-20(18)24-19)14-5-3-4-6-17(14)28-2/h3-11H,1-2H3,(H,25,26)(H,22,23,24). The summed E-state index contributed by atoms with van der Waals surface area (Å²) < 4.78 is 10.5. The zero-order chi connectivity index (χ0) is 19.7. The zero-order valence-corrected chi connectivity index (χ0v) is 15.3. The highest BCUT2D eigenvalue weighted by Crippen LogP contribution is 2.32. The van der Waals surface area contributed by atoms with Crippen molar-refractivity contribution in [1.82, 2.24) is 15.0 Å². The number of ether oxygens (including phenoxy) is 2. The van der Waals surface area contributed by atoms with Gasteiger partial charge < -0.3 is 19.6 Å². The van der Waals surface area contributed by atoms with Gasteiger partial charge in [0, 0.05) is 11.1 Å². The van der Waals surface area contributed by atoms with Gasteiger partial charge in [-0.1, -0.05) is 12.1 Å². The Labute approximate surface area is 160 Å². The number of nitrogens with zero attached hydrogens (tertiary/aromatic N) is 2. The Morgan fingerprint density at radius 3 is 2.43 bits per heavy atom. The van der Waals surface area contributed by atoms with Crippen LogP contribution in [-0.4, -0.2) is 40.2 Å². The number of pyridine rings is 1. The number of imidazole rings is 1. The molecule has 7 heteroatoms. The summed E-state index contributed by atoms with van der Waals surface area (Å²) in [6, 6.07) is 16.2. The predicted octanol–water partition coefficient (Wildman–Crippen LogP) is 4.01. The molecular formula is C21H17N3O4. The lowest BCUT2D eigenvalue weighted by molar-refractivity contribution is 0.0699. The molecule has 0 saturated heterocycles. The van der Waals surface area contributed by atoms with E-state index in [1.807, 2.05) is 42.5 Å². The molecule has 0 unspecified atom stereocenters. The summed E-state index contributed by atoms with van der Waals surface area (Å²) in [5.74, 6) is 0.803. The van der Waals surface area contributed by atoms with Crippen LogP contribution in [0.3, 0.4) is 0 Å². The van der Waals surface area contributed by atoms with Crippen LogP contribution in [0.2, 0.25) is 0 Å². The van der Waals surface area contributed by atoms with Crippen molar-refractivity contribution in [3.63, 3.8) is 0 Å². The Morgan fingerprint density at radius 2 is 1.75 bits per heavy atom.